The van der Waals surface area contributed by atoms with Crippen LogP contribution in [0, 0.1) is 0 Å². The number of carbonyl (C=O) groups excluding carboxylic acids is 1. The molecule has 80 valence electrons. The Morgan fingerprint density at radius 3 is 2.94 bits per heavy atom. The van der Waals surface area contributed by atoms with Crippen LogP contribution in [0.1, 0.15) is 10.5 Å². The van der Waals surface area contributed by atoms with E-state index in [1.165, 1.54) is 12.3 Å². The van der Waals surface area contributed by atoms with Crippen molar-refractivity contribution in [3.05, 3.63) is 48.5 Å². The van der Waals surface area contributed by atoms with Crippen LogP contribution >= 0.6 is 0 Å². The summed E-state index contributed by atoms with van der Waals surface area (Å²) in [4.78, 5) is 19.1. The van der Waals surface area contributed by atoms with E-state index in [9.17, 15) is 4.79 Å². The topological polar surface area (TPSA) is 82.0 Å². The summed E-state index contributed by atoms with van der Waals surface area (Å²) in [5.74, 6) is -0.608. The fourth-order valence-electron chi connectivity index (χ4n) is 1.15. The van der Waals surface area contributed by atoms with E-state index in [1.807, 2.05) is 0 Å². The highest BCUT2D eigenvalue weighted by Gasteiger charge is 2.00. The fourth-order valence-corrected chi connectivity index (χ4v) is 1.15. The van der Waals surface area contributed by atoms with Crippen LogP contribution in [0.2, 0.25) is 0 Å². The van der Waals surface area contributed by atoms with Crippen molar-refractivity contribution < 1.29 is 9.21 Å². The molecule has 1 amide bonds. The molecule has 2 aromatic rings. The smallest absolute Gasteiger partial charge is 0.267 e. The van der Waals surface area contributed by atoms with Gasteiger partial charge in [-0.3, -0.25) is 4.79 Å². The SMILES string of the molecule is NC(=O)c1ccccoc2cccnc2n1. The molecule has 0 saturated heterocycles. The average Bonchev–Trinajstić information content (AvgIpc) is 2.38. The van der Waals surface area contributed by atoms with E-state index in [4.69, 9.17) is 10.2 Å². The summed E-state index contributed by atoms with van der Waals surface area (Å²) in [6.45, 7) is 0. The largest absolute Gasteiger partial charge is 0.461 e. The second kappa shape index (κ2) is 4.39. The number of primary amides is 1. The number of nitrogens with two attached hydrogens (primary N) is 1. The molecule has 5 heteroatoms. The van der Waals surface area contributed by atoms with E-state index in [1.54, 1.807) is 30.5 Å². The third kappa shape index (κ3) is 2.14. The molecule has 0 bridgehead atoms. The summed E-state index contributed by atoms with van der Waals surface area (Å²) in [6.07, 6.45) is 3.05. The van der Waals surface area contributed by atoms with E-state index in [0.717, 1.165) is 0 Å². The molecule has 0 unspecified atom stereocenters. The molecular formula is C11H9N3O2. The zero-order valence-corrected chi connectivity index (χ0v) is 8.33. The van der Waals surface area contributed by atoms with E-state index in [-0.39, 0.29) is 5.69 Å². The summed E-state index contributed by atoms with van der Waals surface area (Å²) in [6, 6.07) is 8.19. The minimum atomic E-state index is -0.608. The van der Waals surface area contributed by atoms with E-state index in [0.29, 0.717) is 11.2 Å². The highest BCUT2D eigenvalue weighted by Crippen LogP contribution is 2.05. The monoisotopic (exact) mass is 215 g/mol. The van der Waals surface area contributed by atoms with Crippen molar-refractivity contribution in [2.45, 2.75) is 0 Å². The number of carbonyl (C=O) groups is 1. The highest BCUT2D eigenvalue weighted by molar-refractivity contribution is 5.91. The maximum absolute atomic E-state index is 11.1. The molecule has 2 aromatic heterocycles. The van der Waals surface area contributed by atoms with Gasteiger partial charge in [-0.1, -0.05) is 6.07 Å². The molecule has 0 radical (unpaired) electrons. The quantitative estimate of drug-likeness (QED) is 0.780. The Labute approximate surface area is 91.3 Å². The molecule has 2 N–H and O–H groups in total. The Hall–Kier alpha value is -2.43. The molecular weight excluding hydrogens is 206 g/mol. The van der Waals surface area contributed by atoms with Crippen molar-refractivity contribution in [1.29, 1.82) is 0 Å². The van der Waals surface area contributed by atoms with Crippen LogP contribution in [0.4, 0.5) is 0 Å². The average molecular weight is 215 g/mol. The highest BCUT2D eigenvalue weighted by atomic mass is 16.3. The molecule has 0 saturated carbocycles. The van der Waals surface area contributed by atoms with E-state index < -0.39 is 5.91 Å². The van der Waals surface area contributed by atoms with Gasteiger partial charge < -0.3 is 10.2 Å². The molecule has 0 aliphatic carbocycles. The maximum atomic E-state index is 11.1. The van der Waals surface area contributed by atoms with Gasteiger partial charge in [0.15, 0.2) is 11.2 Å². The minimum absolute atomic E-state index is 0.134. The lowest BCUT2D eigenvalue weighted by Crippen LogP contribution is -2.12. The first-order valence-electron chi connectivity index (χ1n) is 4.61. The van der Waals surface area contributed by atoms with Gasteiger partial charge in [0.2, 0.25) is 0 Å². The van der Waals surface area contributed by atoms with Crippen molar-refractivity contribution in [2.75, 3.05) is 0 Å². The van der Waals surface area contributed by atoms with Crippen molar-refractivity contribution in [1.82, 2.24) is 9.97 Å². The predicted molar refractivity (Wildman–Crippen MR) is 57.9 cm³/mol. The number of rotatable bonds is 1. The van der Waals surface area contributed by atoms with Gasteiger partial charge in [-0.15, -0.1) is 0 Å². The fraction of sp³-hybridized carbons (Fsp3) is 0. The second-order valence-corrected chi connectivity index (χ2v) is 2.99. The summed E-state index contributed by atoms with van der Waals surface area (Å²) in [7, 11) is 0. The van der Waals surface area contributed by atoms with Gasteiger partial charge in [-0.25, -0.2) is 9.97 Å². The number of amides is 1. The number of hydrogen-bond acceptors (Lipinski definition) is 4. The van der Waals surface area contributed by atoms with Gasteiger partial charge in [0.1, 0.15) is 5.69 Å². The molecule has 0 atom stereocenters. The first-order chi connectivity index (χ1) is 7.77. The molecule has 2 heterocycles. The molecule has 0 aromatic carbocycles. The molecule has 2 rings (SSSR count). The van der Waals surface area contributed by atoms with Gasteiger partial charge in [0.05, 0.1) is 6.26 Å². The standard InChI is InChI=1S/C11H9N3O2/c12-10(15)8-4-1-2-7-16-9-5-3-6-13-11(9)14-8/h1-7H,(H2,12,15). The first-order valence-corrected chi connectivity index (χ1v) is 4.61. The summed E-state index contributed by atoms with van der Waals surface area (Å²) in [5.41, 5.74) is 6.12. The van der Waals surface area contributed by atoms with Crippen LogP contribution < -0.4 is 5.73 Å². The summed E-state index contributed by atoms with van der Waals surface area (Å²) in [5, 5.41) is 0. The van der Waals surface area contributed by atoms with Crippen molar-refractivity contribution in [3.63, 3.8) is 0 Å². The second-order valence-electron chi connectivity index (χ2n) is 2.99. The van der Waals surface area contributed by atoms with Gasteiger partial charge in [0, 0.05) is 6.20 Å². The molecule has 0 aliphatic heterocycles. The zero-order chi connectivity index (χ0) is 11.4. The van der Waals surface area contributed by atoms with Crippen LogP contribution in [0.5, 0.6) is 0 Å². The Bertz CT molecular complexity index is 576. The predicted octanol–water partition coefficient (Wildman–Crippen LogP) is 1.45. The van der Waals surface area contributed by atoms with E-state index in [2.05, 4.69) is 9.97 Å². The van der Waals surface area contributed by atoms with Crippen LogP contribution in [-0.2, 0) is 0 Å². The third-order valence-corrected chi connectivity index (χ3v) is 1.87. The van der Waals surface area contributed by atoms with Crippen molar-refractivity contribution in [3.8, 4) is 0 Å². The van der Waals surface area contributed by atoms with Gasteiger partial charge in [-0.2, -0.15) is 0 Å². The zero-order valence-electron chi connectivity index (χ0n) is 8.33. The molecule has 5 nitrogen and oxygen atoms in total. The van der Waals surface area contributed by atoms with Gasteiger partial charge >= 0.3 is 0 Å². The number of pyridine rings is 1. The van der Waals surface area contributed by atoms with Crippen molar-refractivity contribution >= 4 is 17.1 Å². The lowest BCUT2D eigenvalue weighted by Gasteiger charge is -1.91. The normalized spacial score (nSPS) is 9.75. The molecule has 0 fully saturated rings. The molecule has 16 heavy (non-hydrogen) atoms. The molecule has 0 spiro atoms. The lowest BCUT2D eigenvalue weighted by molar-refractivity contribution is 0.0996. The van der Waals surface area contributed by atoms with Crippen LogP contribution in [-0.4, -0.2) is 15.9 Å². The van der Waals surface area contributed by atoms with E-state index >= 15 is 0 Å². The number of aromatic nitrogens is 2. The maximum Gasteiger partial charge on any atom is 0.267 e. The third-order valence-electron chi connectivity index (χ3n) is 1.87. The Morgan fingerprint density at radius 2 is 2.12 bits per heavy atom. The first kappa shape index (κ1) is 10.1. The Morgan fingerprint density at radius 1 is 1.25 bits per heavy atom. The van der Waals surface area contributed by atoms with Crippen molar-refractivity contribution in [2.24, 2.45) is 5.73 Å². The van der Waals surface area contributed by atoms with Crippen LogP contribution in [0.3, 0.4) is 0 Å². The summed E-state index contributed by atoms with van der Waals surface area (Å²) >= 11 is 0. The minimum Gasteiger partial charge on any atom is -0.461 e. The number of fused-ring (bicyclic) bond motifs is 1. The van der Waals surface area contributed by atoms with Crippen LogP contribution in [0.25, 0.3) is 11.2 Å². The summed E-state index contributed by atoms with van der Waals surface area (Å²) < 4.78 is 5.28. The van der Waals surface area contributed by atoms with Crippen LogP contribution in [0.15, 0.2) is 47.2 Å². The lowest BCUT2D eigenvalue weighted by atomic mass is 10.4. The Balaban J connectivity index is 2.83. The Kier molecular flexibility index (Phi) is 2.77. The number of hydrogen-bond donors (Lipinski definition) is 1. The van der Waals surface area contributed by atoms with Gasteiger partial charge in [-0.05, 0) is 24.3 Å². The molecule has 0 aliphatic rings. The number of nitrogens with zero attached hydrogens (tertiary/aromatic N) is 2. The van der Waals surface area contributed by atoms with Gasteiger partial charge in [0.25, 0.3) is 5.91 Å².